The first kappa shape index (κ1) is 20.9. The van der Waals surface area contributed by atoms with Gasteiger partial charge in [0.1, 0.15) is 28.0 Å². The zero-order chi connectivity index (χ0) is 21.1. The second-order valence-corrected chi connectivity index (χ2v) is 7.52. The predicted molar refractivity (Wildman–Crippen MR) is 118 cm³/mol. The smallest absolute Gasteiger partial charge is 0.266 e. The van der Waals surface area contributed by atoms with E-state index in [1.54, 1.807) is 32.4 Å². The molecule has 3 rings (SSSR count). The summed E-state index contributed by atoms with van der Waals surface area (Å²) in [6.07, 6.45) is 0. The molecule has 8 heteroatoms. The van der Waals surface area contributed by atoms with E-state index in [0.29, 0.717) is 27.9 Å². The van der Waals surface area contributed by atoms with E-state index < -0.39 is 0 Å². The number of ether oxygens (including phenoxy) is 2. The van der Waals surface area contributed by atoms with Crippen molar-refractivity contribution in [3.8, 4) is 11.5 Å². The number of nitrogens with zero attached hydrogens (tertiary/aromatic N) is 3. The highest BCUT2D eigenvalue weighted by atomic mass is 32.1. The van der Waals surface area contributed by atoms with Crippen molar-refractivity contribution in [3.63, 3.8) is 0 Å². The van der Waals surface area contributed by atoms with Crippen LogP contribution in [-0.4, -0.2) is 43.2 Å². The van der Waals surface area contributed by atoms with Crippen LogP contribution >= 0.6 is 11.3 Å². The largest absolute Gasteiger partial charge is 0.497 e. The molecule has 1 aromatic carbocycles. The molecule has 0 aliphatic carbocycles. The molecule has 1 amide bonds. The van der Waals surface area contributed by atoms with Crippen molar-refractivity contribution < 1.29 is 14.3 Å². The average Bonchev–Trinajstić information content (AvgIpc) is 3.05. The standard InChI is InChI=1S/C21H26N4O3S/c1-7-25(8-2)19-17-12(3)18(29-21(17)23-13(4)22-19)20(26)24-15-11-14(27-5)9-10-16(15)28-6/h9-11H,7-8H2,1-6H3,(H,24,26). The number of hydrogen-bond acceptors (Lipinski definition) is 7. The highest BCUT2D eigenvalue weighted by molar-refractivity contribution is 7.20. The van der Waals surface area contributed by atoms with Crippen molar-refractivity contribution in [1.82, 2.24) is 9.97 Å². The van der Waals surface area contributed by atoms with Gasteiger partial charge in [-0.2, -0.15) is 0 Å². The van der Waals surface area contributed by atoms with Crippen LogP contribution in [0.15, 0.2) is 18.2 Å². The molecule has 0 radical (unpaired) electrons. The van der Waals surface area contributed by atoms with Crippen LogP contribution in [0.4, 0.5) is 11.5 Å². The van der Waals surface area contributed by atoms with Crippen LogP contribution in [0.25, 0.3) is 10.2 Å². The molecule has 2 heterocycles. The van der Waals surface area contributed by atoms with E-state index in [-0.39, 0.29) is 5.91 Å². The summed E-state index contributed by atoms with van der Waals surface area (Å²) >= 11 is 1.38. The molecule has 1 N–H and O–H groups in total. The summed E-state index contributed by atoms with van der Waals surface area (Å²) < 4.78 is 10.6. The van der Waals surface area contributed by atoms with E-state index in [2.05, 4.69) is 34.0 Å². The van der Waals surface area contributed by atoms with Gasteiger partial charge in [0.05, 0.1) is 30.2 Å². The molecular weight excluding hydrogens is 388 g/mol. The lowest BCUT2D eigenvalue weighted by atomic mass is 10.1. The van der Waals surface area contributed by atoms with Crippen molar-refractivity contribution >= 4 is 39.0 Å². The van der Waals surface area contributed by atoms with Crippen LogP contribution in [0.3, 0.4) is 0 Å². The molecule has 0 saturated heterocycles. The van der Waals surface area contributed by atoms with Gasteiger partial charge in [-0.3, -0.25) is 4.79 Å². The molecule has 0 spiro atoms. The van der Waals surface area contributed by atoms with E-state index in [0.717, 1.165) is 34.7 Å². The molecule has 0 bridgehead atoms. The summed E-state index contributed by atoms with van der Waals surface area (Å²) in [7, 11) is 3.15. The third-order valence-corrected chi connectivity index (χ3v) is 5.99. The first-order valence-electron chi connectivity index (χ1n) is 9.49. The summed E-state index contributed by atoms with van der Waals surface area (Å²) in [5.74, 6) is 2.57. The lowest BCUT2D eigenvalue weighted by molar-refractivity contribution is 0.102. The molecule has 0 fully saturated rings. The number of carbonyl (C=O) groups is 1. The number of amides is 1. The van der Waals surface area contributed by atoms with Crippen molar-refractivity contribution in [2.45, 2.75) is 27.7 Å². The van der Waals surface area contributed by atoms with Gasteiger partial charge in [-0.25, -0.2) is 9.97 Å². The molecule has 154 valence electrons. The minimum Gasteiger partial charge on any atom is -0.497 e. The van der Waals surface area contributed by atoms with Crippen molar-refractivity contribution in [2.75, 3.05) is 37.5 Å². The maximum absolute atomic E-state index is 13.1. The number of rotatable bonds is 7. The molecular formula is C21H26N4O3S. The van der Waals surface area contributed by atoms with Crippen LogP contribution in [0, 0.1) is 13.8 Å². The van der Waals surface area contributed by atoms with Gasteiger partial charge >= 0.3 is 0 Å². The van der Waals surface area contributed by atoms with Crippen LogP contribution in [0.5, 0.6) is 11.5 Å². The highest BCUT2D eigenvalue weighted by Crippen LogP contribution is 2.37. The Labute approximate surface area is 174 Å². The zero-order valence-corrected chi connectivity index (χ0v) is 18.4. The van der Waals surface area contributed by atoms with Gasteiger partial charge in [0.2, 0.25) is 0 Å². The molecule has 2 aromatic heterocycles. The van der Waals surface area contributed by atoms with Gasteiger partial charge in [0.25, 0.3) is 5.91 Å². The molecule has 3 aromatic rings. The molecule has 0 atom stereocenters. The summed E-state index contributed by atoms with van der Waals surface area (Å²) in [4.78, 5) is 26.0. The molecule has 0 aliphatic rings. The number of methoxy groups -OCH3 is 2. The first-order valence-corrected chi connectivity index (χ1v) is 10.3. The van der Waals surface area contributed by atoms with Crippen LogP contribution < -0.4 is 19.7 Å². The van der Waals surface area contributed by atoms with Gasteiger partial charge in [0, 0.05) is 19.2 Å². The Bertz CT molecular complexity index is 1040. The van der Waals surface area contributed by atoms with Gasteiger partial charge in [-0.05, 0) is 45.4 Å². The quantitative estimate of drug-likeness (QED) is 0.617. The Morgan fingerprint density at radius 2 is 1.86 bits per heavy atom. The Morgan fingerprint density at radius 3 is 2.48 bits per heavy atom. The van der Waals surface area contributed by atoms with Crippen molar-refractivity contribution in [3.05, 3.63) is 34.5 Å². The molecule has 0 saturated carbocycles. The topological polar surface area (TPSA) is 76.6 Å². The second kappa shape index (κ2) is 8.65. The van der Waals surface area contributed by atoms with Gasteiger partial charge < -0.3 is 19.7 Å². The average molecular weight is 415 g/mol. The molecule has 7 nitrogen and oxygen atoms in total. The lowest BCUT2D eigenvalue weighted by Crippen LogP contribution is -2.23. The highest BCUT2D eigenvalue weighted by Gasteiger charge is 2.22. The van der Waals surface area contributed by atoms with Crippen molar-refractivity contribution in [2.24, 2.45) is 0 Å². The second-order valence-electron chi connectivity index (χ2n) is 6.52. The number of thiophene rings is 1. The van der Waals surface area contributed by atoms with E-state index in [1.165, 1.54) is 11.3 Å². The first-order chi connectivity index (χ1) is 13.9. The number of aromatic nitrogens is 2. The Hall–Kier alpha value is -2.87. The van der Waals surface area contributed by atoms with Crippen molar-refractivity contribution in [1.29, 1.82) is 0 Å². The fourth-order valence-corrected chi connectivity index (χ4v) is 4.40. The predicted octanol–water partition coefficient (Wildman–Crippen LogP) is 4.42. The summed E-state index contributed by atoms with van der Waals surface area (Å²) in [6.45, 7) is 9.68. The third kappa shape index (κ3) is 3.98. The zero-order valence-electron chi connectivity index (χ0n) is 17.6. The summed E-state index contributed by atoms with van der Waals surface area (Å²) in [5, 5.41) is 3.89. The minimum absolute atomic E-state index is 0.208. The lowest BCUT2D eigenvalue weighted by Gasteiger charge is -2.21. The van der Waals surface area contributed by atoms with Gasteiger partial charge in [-0.1, -0.05) is 0 Å². The number of anilines is 2. The number of hydrogen-bond donors (Lipinski definition) is 1. The maximum atomic E-state index is 13.1. The number of carbonyl (C=O) groups excluding carboxylic acids is 1. The third-order valence-electron chi connectivity index (χ3n) is 4.81. The fraction of sp³-hybridized carbons (Fsp3) is 0.381. The summed E-state index contributed by atoms with van der Waals surface area (Å²) in [5.41, 5.74) is 1.44. The molecule has 29 heavy (non-hydrogen) atoms. The number of aryl methyl sites for hydroxylation is 2. The molecule has 0 aliphatic heterocycles. The van der Waals surface area contributed by atoms with Crippen LogP contribution in [0.1, 0.15) is 34.9 Å². The fourth-order valence-electron chi connectivity index (χ4n) is 3.28. The normalized spacial score (nSPS) is 10.8. The van der Waals surface area contributed by atoms with E-state index in [9.17, 15) is 4.79 Å². The summed E-state index contributed by atoms with van der Waals surface area (Å²) in [6, 6.07) is 5.29. The number of nitrogens with one attached hydrogen (secondary N) is 1. The number of benzene rings is 1. The van der Waals surface area contributed by atoms with Gasteiger partial charge in [-0.15, -0.1) is 11.3 Å². The van der Waals surface area contributed by atoms with E-state index in [1.807, 2.05) is 13.8 Å². The Balaban J connectivity index is 2.06. The Morgan fingerprint density at radius 1 is 1.14 bits per heavy atom. The monoisotopic (exact) mass is 414 g/mol. The van der Waals surface area contributed by atoms with E-state index >= 15 is 0 Å². The van der Waals surface area contributed by atoms with Crippen LogP contribution in [-0.2, 0) is 0 Å². The molecule has 0 unspecified atom stereocenters. The minimum atomic E-state index is -0.208. The van der Waals surface area contributed by atoms with Gasteiger partial charge in [0.15, 0.2) is 0 Å². The maximum Gasteiger partial charge on any atom is 0.266 e. The van der Waals surface area contributed by atoms with E-state index in [4.69, 9.17) is 9.47 Å². The van der Waals surface area contributed by atoms with Crippen LogP contribution in [0.2, 0.25) is 0 Å². The SMILES string of the molecule is CCN(CC)c1nc(C)nc2sc(C(=O)Nc3cc(OC)ccc3OC)c(C)c12. The Kier molecular flexibility index (Phi) is 6.22. The number of fused-ring (bicyclic) bond motifs is 1.